The molecule has 0 aliphatic rings. The highest BCUT2D eigenvalue weighted by molar-refractivity contribution is 5.71. The summed E-state index contributed by atoms with van der Waals surface area (Å²) in [7, 11) is 0. The molecule has 0 aromatic heterocycles. The highest BCUT2D eigenvalue weighted by atomic mass is 16.3. The summed E-state index contributed by atoms with van der Waals surface area (Å²) in [4.78, 5) is 0. The maximum Gasteiger partial charge on any atom is 0.119 e. The summed E-state index contributed by atoms with van der Waals surface area (Å²) in [6.07, 6.45) is 3.83. The average Bonchev–Trinajstić information content (AvgIpc) is 2.35. The number of benzene rings is 2. The first-order chi connectivity index (χ1) is 9.34. The lowest BCUT2D eigenvalue weighted by Gasteiger charge is -2.18. The Morgan fingerprint density at radius 3 is 1.75 bits per heavy atom. The predicted octanol–water partition coefficient (Wildman–Crippen LogP) is 4.57. The standard InChI is InChI=1S/C18H20O2/c1-18(2,3)15-8-6-13(7-9-15)4-5-14-10-16(19)12-17(20)11-14/h4-12,19-20H,1-3H3/b5-4+. The lowest BCUT2D eigenvalue weighted by atomic mass is 9.87. The first-order valence-electron chi connectivity index (χ1n) is 6.66. The number of rotatable bonds is 2. The van der Waals surface area contributed by atoms with Gasteiger partial charge in [-0.2, -0.15) is 0 Å². The van der Waals surface area contributed by atoms with Gasteiger partial charge < -0.3 is 10.2 Å². The largest absolute Gasteiger partial charge is 0.508 e. The summed E-state index contributed by atoms with van der Waals surface area (Å²) in [5, 5.41) is 18.8. The van der Waals surface area contributed by atoms with E-state index in [-0.39, 0.29) is 16.9 Å². The van der Waals surface area contributed by atoms with Gasteiger partial charge in [0.1, 0.15) is 11.5 Å². The monoisotopic (exact) mass is 268 g/mol. The molecule has 0 atom stereocenters. The molecule has 2 N–H and O–H groups in total. The highest BCUT2D eigenvalue weighted by Gasteiger charge is 2.12. The molecule has 0 aliphatic heterocycles. The van der Waals surface area contributed by atoms with Gasteiger partial charge in [0, 0.05) is 6.07 Å². The third-order valence-electron chi connectivity index (χ3n) is 3.17. The average molecular weight is 268 g/mol. The summed E-state index contributed by atoms with van der Waals surface area (Å²) in [5.74, 6) is 0.125. The van der Waals surface area contributed by atoms with E-state index in [1.165, 1.54) is 11.6 Å². The molecule has 0 aliphatic carbocycles. The van der Waals surface area contributed by atoms with Crippen LogP contribution in [0.25, 0.3) is 12.2 Å². The number of phenols is 2. The van der Waals surface area contributed by atoms with Crippen molar-refractivity contribution >= 4 is 12.2 Å². The van der Waals surface area contributed by atoms with Crippen LogP contribution in [0, 0.1) is 0 Å². The molecule has 2 aromatic rings. The second-order valence-electron chi connectivity index (χ2n) is 5.99. The molecule has 0 bridgehead atoms. The van der Waals surface area contributed by atoms with Crippen molar-refractivity contribution in [3.8, 4) is 11.5 Å². The summed E-state index contributed by atoms with van der Waals surface area (Å²) in [5.41, 5.74) is 3.30. The lowest BCUT2D eigenvalue weighted by Crippen LogP contribution is -2.10. The first kappa shape index (κ1) is 14.2. The fraction of sp³-hybridized carbons (Fsp3) is 0.222. The third-order valence-corrected chi connectivity index (χ3v) is 3.17. The number of hydrogen-bond donors (Lipinski definition) is 2. The molecule has 2 nitrogen and oxygen atoms in total. The minimum Gasteiger partial charge on any atom is -0.508 e. The van der Waals surface area contributed by atoms with E-state index in [9.17, 15) is 10.2 Å². The van der Waals surface area contributed by atoms with Gasteiger partial charge in [0.05, 0.1) is 0 Å². The van der Waals surface area contributed by atoms with Crippen LogP contribution in [0.4, 0.5) is 0 Å². The Hall–Kier alpha value is -2.22. The maximum absolute atomic E-state index is 9.42. The molecule has 0 spiro atoms. The van der Waals surface area contributed by atoms with Crippen molar-refractivity contribution in [2.75, 3.05) is 0 Å². The van der Waals surface area contributed by atoms with Gasteiger partial charge in [-0.05, 0) is 34.2 Å². The Morgan fingerprint density at radius 2 is 1.25 bits per heavy atom. The van der Waals surface area contributed by atoms with Crippen molar-refractivity contribution in [3.05, 3.63) is 59.2 Å². The summed E-state index contributed by atoms with van der Waals surface area (Å²) >= 11 is 0. The van der Waals surface area contributed by atoms with E-state index in [0.29, 0.717) is 0 Å². The van der Waals surface area contributed by atoms with E-state index in [1.807, 2.05) is 12.2 Å². The van der Waals surface area contributed by atoms with Gasteiger partial charge in [0.25, 0.3) is 0 Å². The Balaban J connectivity index is 2.19. The van der Waals surface area contributed by atoms with Crippen LogP contribution in [-0.4, -0.2) is 10.2 Å². The zero-order valence-corrected chi connectivity index (χ0v) is 12.1. The van der Waals surface area contributed by atoms with Crippen LogP contribution in [0.15, 0.2) is 42.5 Å². The maximum atomic E-state index is 9.42. The molecule has 2 rings (SSSR count). The molecule has 0 radical (unpaired) electrons. The topological polar surface area (TPSA) is 40.5 Å². The Labute approximate surface area is 120 Å². The summed E-state index contributed by atoms with van der Waals surface area (Å²) in [6, 6.07) is 12.9. The number of aromatic hydroxyl groups is 2. The molecule has 2 heteroatoms. The van der Waals surface area contributed by atoms with Crippen LogP contribution in [0.1, 0.15) is 37.5 Å². The summed E-state index contributed by atoms with van der Waals surface area (Å²) < 4.78 is 0. The van der Waals surface area contributed by atoms with E-state index in [0.717, 1.165) is 11.1 Å². The van der Waals surface area contributed by atoms with Crippen molar-refractivity contribution in [2.24, 2.45) is 0 Å². The zero-order valence-electron chi connectivity index (χ0n) is 12.1. The molecule has 104 valence electrons. The van der Waals surface area contributed by atoms with Crippen molar-refractivity contribution in [3.63, 3.8) is 0 Å². The molecule has 0 fully saturated rings. The van der Waals surface area contributed by atoms with Crippen molar-refractivity contribution in [1.29, 1.82) is 0 Å². The van der Waals surface area contributed by atoms with E-state index in [2.05, 4.69) is 45.0 Å². The van der Waals surface area contributed by atoms with Crippen LogP contribution in [0.3, 0.4) is 0 Å². The van der Waals surface area contributed by atoms with Crippen LogP contribution in [-0.2, 0) is 5.41 Å². The van der Waals surface area contributed by atoms with E-state index in [1.54, 1.807) is 12.1 Å². The smallest absolute Gasteiger partial charge is 0.119 e. The molecular formula is C18H20O2. The fourth-order valence-corrected chi connectivity index (χ4v) is 2.00. The molecule has 0 heterocycles. The number of hydrogen-bond acceptors (Lipinski definition) is 2. The molecular weight excluding hydrogens is 248 g/mol. The highest BCUT2D eigenvalue weighted by Crippen LogP contribution is 2.24. The fourth-order valence-electron chi connectivity index (χ4n) is 2.00. The Kier molecular flexibility index (Phi) is 3.84. The zero-order chi connectivity index (χ0) is 14.8. The van der Waals surface area contributed by atoms with Gasteiger partial charge in [-0.3, -0.25) is 0 Å². The number of phenolic OH excluding ortho intramolecular Hbond substituents is 2. The normalized spacial score (nSPS) is 11.9. The Morgan fingerprint density at radius 1 is 0.750 bits per heavy atom. The molecule has 0 saturated carbocycles. The first-order valence-corrected chi connectivity index (χ1v) is 6.66. The van der Waals surface area contributed by atoms with Gasteiger partial charge in [0.15, 0.2) is 0 Å². The molecule has 0 saturated heterocycles. The van der Waals surface area contributed by atoms with Crippen LogP contribution in [0.5, 0.6) is 11.5 Å². The molecule has 20 heavy (non-hydrogen) atoms. The SMILES string of the molecule is CC(C)(C)c1ccc(/C=C/c2cc(O)cc(O)c2)cc1. The minimum absolute atomic E-state index is 0.0627. The van der Waals surface area contributed by atoms with E-state index >= 15 is 0 Å². The summed E-state index contributed by atoms with van der Waals surface area (Å²) in [6.45, 7) is 6.56. The third kappa shape index (κ3) is 3.64. The van der Waals surface area contributed by atoms with Gasteiger partial charge in [-0.25, -0.2) is 0 Å². The molecule has 2 aromatic carbocycles. The van der Waals surface area contributed by atoms with Crippen LogP contribution < -0.4 is 0 Å². The molecule has 0 unspecified atom stereocenters. The van der Waals surface area contributed by atoms with Crippen molar-refractivity contribution in [1.82, 2.24) is 0 Å². The van der Waals surface area contributed by atoms with E-state index in [4.69, 9.17) is 0 Å². The lowest BCUT2D eigenvalue weighted by molar-refractivity contribution is 0.450. The molecule has 0 amide bonds. The van der Waals surface area contributed by atoms with Gasteiger partial charge >= 0.3 is 0 Å². The van der Waals surface area contributed by atoms with Crippen molar-refractivity contribution in [2.45, 2.75) is 26.2 Å². The van der Waals surface area contributed by atoms with Crippen LogP contribution in [0.2, 0.25) is 0 Å². The second kappa shape index (κ2) is 5.41. The van der Waals surface area contributed by atoms with E-state index < -0.39 is 0 Å². The Bertz CT molecular complexity index is 597. The van der Waals surface area contributed by atoms with Gasteiger partial charge in [-0.1, -0.05) is 57.2 Å². The van der Waals surface area contributed by atoms with Gasteiger partial charge in [-0.15, -0.1) is 0 Å². The van der Waals surface area contributed by atoms with Crippen LogP contribution >= 0.6 is 0 Å². The van der Waals surface area contributed by atoms with Crippen molar-refractivity contribution < 1.29 is 10.2 Å². The van der Waals surface area contributed by atoms with Gasteiger partial charge in [0.2, 0.25) is 0 Å². The predicted molar refractivity (Wildman–Crippen MR) is 83.8 cm³/mol. The minimum atomic E-state index is 0.0627. The quantitative estimate of drug-likeness (QED) is 0.783. The second-order valence-corrected chi connectivity index (χ2v) is 5.99.